The molecule has 1 aromatic carbocycles. The lowest BCUT2D eigenvalue weighted by Gasteiger charge is -2.31. The van der Waals surface area contributed by atoms with Gasteiger partial charge in [-0.2, -0.15) is 13.2 Å². The summed E-state index contributed by atoms with van der Waals surface area (Å²) in [6.07, 6.45) is -4.45. The van der Waals surface area contributed by atoms with Crippen LogP contribution in [-0.4, -0.2) is 35.1 Å². The fraction of sp³-hybridized carbons (Fsp3) is 0.400. The standard InChI is InChI=1S/C20H23F3N2O/c1-14-16(10-11-17(24-14)15-8-6-5-7-9-15)18(26)25(12-19(2,3)4)13-20(21,22)23/h5-11H,12-13H2,1-4H3. The fourth-order valence-electron chi connectivity index (χ4n) is 2.72. The number of alkyl halides is 3. The van der Waals surface area contributed by atoms with E-state index in [0.29, 0.717) is 11.4 Å². The second-order valence-electron chi connectivity index (χ2n) is 7.53. The van der Waals surface area contributed by atoms with Gasteiger partial charge >= 0.3 is 6.18 Å². The number of hydrogen-bond donors (Lipinski definition) is 0. The molecule has 0 radical (unpaired) electrons. The van der Waals surface area contributed by atoms with Crippen LogP contribution < -0.4 is 0 Å². The minimum absolute atomic E-state index is 0.00518. The molecule has 0 aliphatic carbocycles. The van der Waals surface area contributed by atoms with Crippen molar-refractivity contribution in [3.8, 4) is 11.3 Å². The number of carbonyl (C=O) groups excluding carboxylic acids is 1. The summed E-state index contributed by atoms with van der Waals surface area (Å²) < 4.78 is 38.8. The molecule has 1 aromatic heterocycles. The Hall–Kier alpha value is -2.37. The van der Waals surface area contributed by atoms with Gasteiger partial charge in [-0.05, 0) is 24.5 Å². The number of benzene rings is 1. The molecule has 0 spiro atoms. The van der Waals surface area contributed by atoms with Crippen molar-refractivity contribution in [1.82, 2.24) is 9.88 Å². The predicted molar refractivity (Wildman–Crippen MR) is 95.8 cm³/mol. The summed E-state index contributed by atoms with van der Waals surface area (Å²) in [5, 5.41) is 0. The molecule has 2 aromatic rings. The summed E-state index contributed by atoms with van der Waals surface area (Å²) >= 11 is 0. The summed E-state index contributed by atoms with van der Waals surface area (Å²) in [6, 6.07) is 12.6. The molecule has 1 amide bonds. The Kier molecular flexibility index (Phi) is 5.74. The van der Waals surface area contributed by atoms with Crippen molar-refractivity contribution < 1.29 is 18.0 Å². The molecule has 140 valence electrons. The van der Waals surface area contributed by atoms with E-state index in [2.05, 4.69) is 4.98 Å². The number of aromatic nitrogens is 1. The average Bonchev–Trinajstić information content (AvgIpc) is 2.51. The van der Waals surface area contributed by atoms with Crippen LogP contribution in [0.25, 0.3) is 11.3 Å². The van der Waals surface area contributed by atoms with E-state index in [4.69, 9.17) is 0 Å². The third-order valence-corrected chi connectivity index (χ3v) is 3.71. The van der Waals surface area contributed by atoms with E-state index in [1.165, 1.54) is 0 Å². The van der Waals surface area contributed by atoms with Crippen LogP contribution in [0.1, 0.15) is 36.8 Å². The Labute approximate surface area is 151 Å². The van der Waals surface area contributed by atoms with Crippen LogP contribution in [0.3, 0.4) is 0 Å². The summed E-state index contributed by atoms with van der Waals surface area (Å²) in [7, 11) is 0. The van der Waals surface area contributed by atoms with Gasteiger partial charge in [-0.25, -0.2) is 0 Å². The molecule has 6 heteroatoms. The molecule has 0 aliphatic heterocycles. The van der Waals surface area contributed by atoms with E-state index in [0.717, 1.165) is 10.5 Å². The van der Waals surface area contributed by atoms with Gasteiger partial charge in [-0.1, -0.05) is 51.1 Å². The first-order valence-corrected chi connectivity index (χ1v) is 8.35. The third kappa shape index (κ3) is 5.58. The fourth-order valence-corrected chi connectivity index (χ4v) is 2.72. The normalized spacial score (nSPS) is 12.1. The minimum atomic E-state index is -4.45. The van der Waals surface area contributed by atoms with Crippen LogP contribution in [0.15, 0.2) is 42.5 Å². The molecule has 0 unspecified atom stereocenters. The van der Waals surface area contributed by atoms with Gasteiger partial charge in [-0.15, -0.1) is 0 Å². The monoisotopic (exact) mass is 364 g/mol. The number of aryl methyl sites for hydroxylation is 1. The zero-order valence-corrected chi connectivity index (χ0v) is 15.4. The van der Waals surface area contributed by atoms with E-state index < -0.39 is 24.0 Å². The molecule has 0 saturated heterocycles. The maximum Gasteiger partial charge on any atom is 0.406 e. The molecule has 3 nitrogen and oxygen atoms in total. The van der Waals surface area contributed by atoms with Crippen LogP contribution in [0.4, 0.5) is 13.2 Å². The minimum Gasteiger partial charge on any atom is -0.329 e. The number of pyridine rings is 1. The average molecular weight is 364 g/mol. The zero-order chi connectivity index (χ0) is 19.5. The summed E-state index contributed by atoms with van der Waals surface area (Å²) in [5.74, 6) is -0.651. The van der Waals surface area contributed by atoms with E-state index in [1.54, 1.807) is 39.8 Å². The van der Waals surface area contributed by atoms with Crippen LogP contribution in [0.2, 0.25) is 0 Å². The highest BCUT2D eigenvalue weighted by Gasteiger charge is 2.35. The number of hydrogen-bond acceptors (Lipinski definition) is 2. The van der Waals surface area contributed by atoms with Gasteiger partial charge in [0.15, 0.2) is 0 Å². The highest BCUT2D eigenvalue weighted by atomic mass is 19.4. The second kappa shape index (κ2) is 7.48. The molecule has 1 heterocycles. The number of carbonyl (C=O) groups is 1. The molecule has 2 rings (SSSR count). The Bertz CT molecular complexity index is 749. The molecule has 0 atom stereocenters. The quantitative estimate of drug-likeness (QED) is 0.755. The Balaban J connectivity index is 2.33. The number of rotatable bonds is 4. The van der Waals surface area contributed by atoms with E-state index >= 15 is 0 Å². The predicted octanol–water partition coefficient (Wildman–Crippen LogP) is 5.11. The van der Waals surface area contributed by atoms with Crippen molar-refractivity contribution >= 4 is 5.91 Å². The first-order valence-electron chi connectivity index (χ1n) is 8.35. The summed E-state index contributed by atoms with van der Waals surface area (Å²) in [6.45, 7) is 5.77. The van der Waals surface area contributed by atoms with Crippen molar-refractivity contribution in [1.29, 1.82) is 0 Å². The molecule has 0 saturated carbocycles. The molecule has 0 N–H and O–H groups in total. The molecule has 0 bridgehead atoms. The smallest absolute Gasteiger partial charge is 0.329 e. The third-order valence-electron chi connectivity index (χ3n) is 3.71. The van der Waals surface area contributed by atoms with Gasteiger partial charge < -0.3 is 4.90 Å². The molecular weight excluding hydrogens is 341 g/mol. The van der Waals surface area contributed by atoms with Gasteiger partial charge in [0.2, 0.25) is 0 Å². The topological polar surface area (TPSA) is 33.2 Å². The number of halogens is 3. The van der Waals surface area contributed by atoms with Crippen LogP contribution in [0, 0.1) is 12.3 Å². The molecular formula is C20H23F3N2O. The SMILES string of the molecule is Cc1nc(-c2ccccc2)ccc1C(=O)N(CC(C)(C)C)CC(F)(F)F. The zero-order valence-electron chi connectivity index (χ0n) is 15.4. The molecule has 26 heavy (non-hydrogen) atoms. The number of amides is 1. The van der Waals surface area contributed by atoms with E-state index in [1.807, 2.05) is 30.3 Å². The summed E-state index contributed by atoms with van der Waals surface area (Å²) in [5.41, 5.74) is 1.72. The van der Waals surface area contributed by atoms with Crippen LogP contribution in [0.5, 0.6) is 0 Å². The summed E-state index contributed by atoms with van der Waals surface area (Å²) in [4.78, 5) is 18.0. The maximum absolute atomic E-state index is 12.9. The lowest BCUT2D eigenvalue weighted by molar-refractivity contribution is -0.142. The van der Waals surface area contributed by atoms with Crippen molar-refractivity contribution in [2.45, 2.75) is 33.9 Å². The molecule has 0 fully saturated rings. The highest BCUT2D eigenvalue weighted by Crippen LogP contribution is 2.25. The Morgan fingerprint density at radius 2 is 1.62 bits per heavy atom. The highest BCUT2D eigenvalue weighted by molar-refractivity contribution is 5.95. The van der Waals surface area contributed by atoms with E-state index in [9.17, 15) is 18.0 Å². The lowest BCUT2D eigenvalue weighted by atomic mass is 9.95. The first-order chi connectivity index (χ1) is 12.0. The van der Waals surface area contributed by atoms with Gasteiger partial charge in [-0.3, -0.25) is 9.78 Å². The lowest BCUT2D eigenvalue weighted by Crippen LogP contribution is -2.43. The van der Waals surface area contributed by atoms with Crippen molar-refractivity contribution in [2.24, 2.45) is 5.41 Å². The van der Waals surface area contributed by atoms with Crippen LogP contribution >= 0.6 is 0 Å². The largest absolute Gasteiger partial charge is 0.406 e. The Morgan fingerprint density at radius 1 is 1.00 bits per heavy atom. The van der Waals surface area contributed by atoms with Crippen molar-refractivity contribution in [2.75, 3.05) is 13.1 Å². The van der Waals surface area contributed by atoms with Gasteiger partial charge in [0.1, 0.15) is 6.54 Å². The number of nitrogens with zero attached hydrogens (tertiary/aromatic N) is 2. The Morgan fingerprint density at radius 3 is 2.12 bits per heavy atom. The first kappa shape index (κ1) is 19.9. The van der Waals surface area contributed by atoms with Gasteiger partial charge in [0.25, 0.3) is 5.91 Å². The van der Waals surface area contributed by atoms with Crippen molar-refractivity contribution in [3.63, 3.8) is 0 Å². The van der Waals surface area contributed by atoms with Crippen LogP contribution in [-0.2, 0) is 0 Å². The van der Waals surface area contributed by atoms with E-state index in [-0.39, 0.29) is 12.1 Å². The molecule has 0 aliphatic rings. The second-order valence-corrected chi connectivity index (χ2v) is 7.53. The van der Waals surface area contributed by atoms with Gasteiger partial charge in [0.05, 0.1) is 17.0 Å². The van der Waals surface area contributed by atoms with Crippen molar-refractivity contribution in [3.05, 3.63) is 53.7 Å². The maximum atomic E-state index is 12.9. The van der Waals surface area contributed by atoms with Gasteiger partial charge in [0, 0.05) is 12.1 Å².